The maximum atomic E-state index is 5.75. The van der Waals surface area contributed by atoms with E-state index in [1.807, 2.05) is 19.1 Å². The van der Waals surface area contributed by atoms with E-state index in [0.29, 0.717) is 0 Å². The van der Waals surface area contributed by atoms with Crippen molar-refractivity contribution in [2.45, 2.75) is 13.8 Å². The molecule has 0 fully saturated rings. The predicted molar refractivity (Wildman–Crippen MR) is 68.7 cm³/mol. The van der Waals surface area contributed by atoms with Crippen LogP contribution in [0.25, 0.3) is 21.9 Å². The molecule has 0 spiro atoms. The number of hydrogen-bond acceptors (Lipinski definition) is 2. The van der Waals surface area contributed by atoms with Gasteiger partial charge < -0.3 is 4.42 Å². The van der Waals surface area contributed by atoms with Crippen LogP contribution in [0.4, 0.5) is 0 Å². The third-order valence-corrected chi connectivity index (χ3v) is 3.30. The lowest BCUT2D eigenvalue weighted by atomic mass is 10.1. The van der Waals surface area contributed by atoms with Gasteiger partial charge in [-0.15, -0.1) is 0 Å². The van der Waals surface area contributed by atoms with Gasteiger partial charge in [-0.3, -0.25) is 0 Å². The average Bonchev–Trinajstić information content (AvgIpc) is 2.62. The molecule has 16 heavy (non-hydrogen) atoms. The number of fused-ring (bicyclic) bond motifs is 3. The third kappa shape index (κ3) is 1.35. The summed E-state index contributed by atoms with van der Waals surface area (Å²) in [6.45, 7) is 4.02. The molecule has 0 aliphatic heterocycles. The van der Waals surface area contributed by atoms with Gasteiger partial charge in [0.25, 0.3) is 0 Å². The number of aryl methyl sites for hydroxylation is 2. The van der Waals surface area contributed by atoms with Crippen molar-refractivity contribution in [1.29, 1.82) is 0 Å². The van der Waals surface area contributed by atoms with Crippen LogP contribution < -0.4 is 0 Å². The molecule has 1 aromatic carbocycles. The predicted octanol–water partition coefficient (Wildman–Crippen LogP) is 4.36. The molecular formula is C13H10BrNO. The fourth-order valence-electron chi connectivity index (χ4n) is 1.96. The Morgan fingerprint density at radius 3 is 2.75 bits per heavy atom. The summed E-state index contributed by atoms with van der Waals surface area (Å²) in [6.07, 6.45) is 0. The Labute approximate surface area is 101 Å². The molecule has 3 rings (SSSR count). The Bertz CT molecular complexity index is 700. The van der Waals surface area contributed by atoms with Gasteiger partial charge in [-0.1, -0.05) is 11.6 Å². The number of hydrogen-bond donors (Lipinski definition) is 0. The van der Waals surface area contributed by atoms with Crippen molar-refractivity contribution < 1.29 is 4.42 Å². The minimum atomic E-state index is 0.843. The van der Waals surface area contributed by atoms with E-state index in [9.17, 15) is 0 Å². The summed E-state index contributed by atoms with van der Waals surface area (Å²) < 4.78 is 6.59. The van der Waals surface area contributed by atoms with Gasteiger partial charge >= 0.3 is 0 Å². The van der Waals surface area contributed by atoms with E-state index in [1.165, 1.54) is 5.56 Å². The zero-order valence-electron chi connectivity index (χ0n) is 9.04. The zero-order valence-corrected chi connectivity index (χ0v) is 10.6. The first-order valence-corrected chi connectivity index (χ1v) is 5.90. The molecule has 3 heteroatoms. The highest BCUT2D eigenvalue weighted by Gasteiger charge is 2.10. The van der Waals surface area contributed by atoms with Gasteiger partial charge in [0, 0.05) is 5.39 Å². The Morgan fingerprint density at radius 1 is 1.12 bits per heavy atom. The SMILES string of the molecule is Cc1ccc2nc(Br)c3cc(C)oc3c2c1. The number of furan rings is 1. The van der Waals surface area contributed by atoms with Gasteiger partial charge in [0.15, 0.2) is 0 Å². The molecule has 0 unspecified atom stereocenters. The van der Waals surface area contributed by atoms with Gasteiger partial charge in [0.2, 0.25) is 0 Å². The molecule has 0 atom stereocenters. The fraction of sp³-hybridized carbons (Fsp3) is 0.154. The third-order valence-electron chi connectivity index (χ3n) is 2.69. The van der Waals surface area contributed by atoms with Crippen LogP contribution in [0.1, 0.15) is 11.3 Å². The summed E-state index contributed by atoms with van der Waals surface area (Å²) in [5.41, 5.74) is 3.09. The molecule has 0 aliphatic rings. The molecule has 0 aliphatic carbocycles. The van der Waals surface area contributed by atoms with Gasteiger partial charge in [-0.25, -0.2) is 4.98 Å². The molecule has 0 saturated carbocycles. The van der Waals surface area contributed by atoms with Crippen LogP contribution in [0.5, 0.6) is 0 Å². The first kappa shape index (κ1) is 9.85. The van der Waals surface area contributed by atoms with Crippen molar-refractivity contribution in [3.8, 4) is 0 Å². The Hall–Kier alpha value is -1.35. The first-order chi connectivity index (χ1) is 7.65. The number of halogens is 1. The second-order valence-electron chi connectivity index (χ2n) is 4.02. The maximum absolute atomic E-state index is 5.75. The molecule has 2 aromatic heterocycles. The summed E-state index contributed by atoms with van der Waals surface area (Å²) in [6, 6.07) is 8.20. The molecule has 0 amide bonds. The van der Waals surface area contributed by atoms with E-state index >= 15 is 0 Å². The second-order valence-corrected chi connectivity index (χ2v) is 4.77. The van der Waals surface area contributed by atoms with Gasteiger partial charge in [0.05, 0.1) is 10.9 Å². The topological polar surface area (TPSA) is 26.0 Å². The monoisotopic (exact) mass is 275 g/mol. The highest BCUT2D eigenvalue weighted by atomic mass is 79.9. The van der Waals surface area contributed by atoms with Crippen molar-refractivity contribution in [2.75, 3.05) is 0 Å². The lowest BCUT2D eigenvalue weighted by Gasteiger charge is -2.01. The molecule has 0 radical (unpaired) electrons. The minimum absolute atomic E-state index is 0.843. The van der Waals surface area contributed by atoms with Crippen LogP contribution in [0, 0.1) is 13.8 Å². The van der Waals surface area contributed by atoms with Crippen LogP contribution in [0.2, 0.25) is 0 Å². The smallest absolute Gasteiger partial charge is 0.146 e. The first-order valence-electron chi connectivity index (χ1n) is 5.11. The standard InChI is InChI=1S/C13H10BrNO/c1-7-3-4-11-9(5-7)12-10(13(14)15-11)6-8(2)16-12/h3-6H,1-2H3. The molecule has 2 nitrogen and oxygen atoms in total. The molecule has 0 saturated heterocycles. The molecule has 80 valence electrons. The second kappa shape index (κ2) is 3.32. The van der Waals surface area contributed by atoms with Gasteiger partial charge in [-0.05, 0) is 48.0 Å². The number of rotatable bonds is 0. The lowest BCUT2D eigenvalue weighted by Crippen LogP contribution is -1.83. The van der Waals surface area contributed by atoms with Crippen LogP contribution in [-0.4, -0.2) is 4.98 Å². The van der Waals surface area contributed by atoms with E-state index in [1.54, 1.807) is 0 Å². The summed E-state index contributed by atoms with van der Waals surface area (Å²) in [5, 5.41) is 2.11. The number of benzene rings is 1. The molecular weight excluding hydrogens is 266 g/mol. The summed E-state index contributed by atoms with van der Waals surface area (Å²) in [4.78, 5) is 4.51. The lowest BCUT2D eigenvalue weighted by molar-refractivity contribution is 0.581. The van der Waals surface area contributed by atoms with Crippen molar-refractivity contribution in [1.82, 2.24) is 4.98 Å². The fourth-order valence-corrected chi connectivity index (χ4v) is 2.45. The number of pyridine rings is 1. The van der Waals surface area contributed by atoms with Crippen LogP contribution in [0.15, 0.2) is 33.3 Å². The number of aromatic nitrogens is 1. The van der Waals surface area contributed by atoms with E-state index < -0.39 is 0 Å². The summed E-state index contributed by atoms with van der Waals surface area (Å²) in [7, 11) is 0. The quantitative estimate of drug-likeness (QED) is 0.570. The van der Waals surface area contributed by atoms with Crippen molar-refractivity contribution >= 4 is 37.8 Å². The van der Waals surface area contributed by atoms with Gasteiger partial charge in [-0.2, -0.15) is 0 Å². The van der Waals surface area contributed by atoms with Crippen molar-refractivity contribution in [2.24, 2.45) is 0 Å². The molecule has 3 aromatic rings. The van der Waals surface area contributed by atoms with Crippen LogP contribution >= 0.6 is 15.9 Å². The van der Waals surface area contributed by atoms with E-state index in [4.69, 9.17) is 4.42 Å². The van der Waals surface area contributed by atoms with Crippen molar-refractivity contribution in [3.05, 3.63) is 40.2 Å². The highest BCUT2D eigenvalue weighted by Crippen LogP contribution is 2.32. The largest absolute Gasteiger partial charge is 0.461 e. The Balaban J connectivity index is 2.59. The average molecular weight is 276 g/mol. The minimum Gasteiger partial charge on any atom is -0.461 e. The normalized spacial score (nSPS) is 11.4. The Kier molecular flexibility index (Phi) is 2.04. The number of nitrogens with zero attached hydrogens (tertiary/aromatic N) is 1. The zero-order chi connectivity index (χ0) is 11.3. The highest BCUT2D eigenvalue weighted by molar-refractivity contribution is 9.10. The molecule has 0 bridgehead atoms. The Morgan fingerprint density at radius 2 is 1.94 bits per heavy atom. The van der Waals surface area contributed by atoms with E-state index in [2.05, 4.69) is 40.0 Å². The van der Waals surface area contributed by atoms with Crippen LogP contribution in [-0.2, 0) is 0 Å². The van der Waals surface area contributed by atoms with E-state index in [0.717, 1.165) is 32.2 Å². The molecule has 0 N–H and O–H groups in total. The summed E-state index contributed by atoms with van der Waals surface area (Å²) in [5.74, 6) is 0.909. The summed E-state index contributed by atoms with van der Waals surface area (Å²) >= 11 is 3.48. The van der Waals surface area contributed by atoms with E-state index in [-0.39, 0.29) is 0 Å². The van der Waals surface area contributed by atoms with Crippen LogP contribution in [0.3, 0.4) is 0 Å². The van der Waals surface area contributed by atoms with Gasteiger partial charge in [0.1, 0.15) is 15.9 Å². The molecule has 2 heterocycles. The maximum Gasteiger partial charge on any atom is 0.146 e. The van der Waals surface area contributed by atoms with Crippen molar-refractivity contribution in [3.63, 3.8) is 0 Å².